The van der Waals surface area contributed by atoms with Crippen LogP contribution in [0.2, 0.25) is 0 Å². The monoisotopic (exact) mass is 413 g/mol. The Labute approximate surface area is 174 Å². The van der Waals surface area contributed by atoms with Gasteiger partial charge in [-0.05, 0) is 18.4 Å². The van der Waals surface area contributed by atoms with Crippen LogP contribution in [0.15, 0.2) is 6.33 Å². The molecule has 8 heteroatoms. The highest BCUT2D eigenvalue weighted by atomic mass is 32.1. The molecule has 3 aromatic rings. The first-order chi connectivity index (χ1) is 14.4. The molecule has 0 unspecified atom stereocenters. The third kappa shape index (κ3) is 3.53. The summed E-state index contributed by atoms with van der Waals surface area (Å²) in [6.45, 7) is 7.78. The molecule has 0 saturated carbocycles. The molecule has 2 aliphatic heterocycles. The van der Waals surface area contributed by atoms with Gasteiger partial charge in [-0.3, -0.25) is 0 Å². The molecule has 0 radical (unpaired) electrons. The number of anilines is 2. The normalized spacial score (nSPS) is 17.1. The molecule has 29 heavy (non-hydrogen) atoms. The molecule has 0 bridgehead atoms. The number of ether oxygens (including phenoxy) is 2. The van der Waals surface area contributed by atoms with Crippen LogP contribution in [0.25, 0.3) is 20.4 Å². The van der Waals surface area contributed by atoms with Gasteiger partial charge in [0.15, 0.2) is 0 Å². The molecule has 5 heterocycles. The van der Waals surface area contributed by atoms with Gasteiger partial charge in [0.25, 0.3) is 0 Å². The SMILES string of the molecule is CCCCCNc1ncnc2c1sc1nc(N3CCOCC3)c3c(c12)CCOC3. The zero-order valence-corrected chi connectivity index (χ0v) is 17.7. The third-order valence-corrected chi connectivity index (χ3v) is 6.80. The standard InChI is InChI=1S/C21H27N5O2S/c1-2-3-4-6-22-19-18-17(23-13-24-19)16-14-5-9-28-12-15(14)20(25-21(16)29-18)26-7-10-27-11-8-26/h13H,2-12H2,1H3,(H,22,23,24). The number of thiophene rings is 1. The van der Waals surface area contributed by atoms with Crippen LogP contribution in [0, 0.1) is 0 Å². The van der Waals surface area contributed by atoms with Crippen molar-refractivity contribution >= 4 is 43.4 Å². The predicted molar refractivity (Wildman–Crippen MR) is 117 cm³/mol. The lowest BCUT2D eigenvalue weighted by Gasteiger charge is -2.31. The highest BCUT2D eigenvalue weighted by Gasteiger charge is 2.26. The van der Waals surface area contributed by atoms with Crippen LogP contribution >= 0.6 is 11.3 Å². The number of pyridine rings is 1. The Morgan fingerprint density at radius 3 is 2.86 bits per heavy atom. The number of rotatable bonds is 6. The van der Waals surface area contributed by atoms with Crippen LogP contribution in [0.5, 0.6) is 0 Å². The van der Waals surface area contributed by atoms with E-state index in [9.17, 15) is 0 Å². The molecule has 0 atom stereocenters. The fourth-order valence-corrected chi connectivity index (χ4v) is 5.34. The van der Waals surface area contributed by atoms with Gasteiger partial charge in [0.05, 0.1) is 36.6 Å². The van der Waals surface area contributed by atoms with E-state index in [0.717, 1.165) is 79.0 Å². The summed E-state index contributed by atoms with van der Waals surface area (Å²) in [5, 5.41) is 4.72. The highest BCUT2D eigenvalue weighted by molar-refractivity contribution is 7.26. The molecule has 1 saturated heterocycles. The number of hydrogen-bond acceptors (Lipinski definition) is 8. The number of nitrogens with zero attached hydrogens (tertiary/aromatic N) is 4. The van der Waals surface area contributed by atoms with Crippen molar-refractivity contribution in [2.75, 3.05) is 49.7 Å². The summed E-state index contributed by atoms with van der Waals surface area (Å²) < 4.78 is 12.5. The number of aromatic nitrogens is 3. The molecule has 154 valence electrons. The summed E-state index contributed by atoms with van der Waals surface area (Å²) in [7, 11) is 0. The van der Waals surface area contributed by atoms with Crippen molar-refractivity contribution in [2.45, 2.75) is 39.2 Å². The summed E-state index contributed by atoms with van der Waals surface area (Å²) in [5.41, 5.74) is 3.60. The number of unbranched alkanes of at least 4 members (excludes halogenated alkanes) is 2. The van der Waals surface area contributed by atoms with E-state index in [2.05, 4.69) is 27.1 Å². The predicted octanol–water partition coefficient (Wildman–Crippen LogP) is 3.75. The zero-order valence-electron chi connectivity index (χ0n) is 16.9. The maximum Gasteiger partial charge on any atom is 0.147 e. The van der Waals surface area contributed by atoms with E-state index in [1.165, 1.54) is 29.4 Å². The van der Waals surface area contributed by atoms with Gasteiger partial charge in [-0.25, -0.2) is 15.0 Å². The van der Waals surface area contributed by atoms with Gasteiger partial charge in [0.1, 0.15) is 22.8 Å². The smallest absolute Gasteiger partial charge is 0.147 e. The molecule has 7 nitrogen and oxygen atoms in total. The molecule has 1 N–H and O–H groups in total. The molecule has 5 rings (SSSR count). The van der Waals surface area contributed by atoms with Gasteiger partial charge in [-0.15, -0.1) is 11.3 Å². The Hall–Kier alpha value is -2.03. The first-order valence-corrected chi connectivity index (χ1v) is 11.4. The lowest BCUT2D eigenvalue weighted by molar-refractivity contribution is 0.109. The maximum atomic E-state index is 5.83. The fraction of sp³-hybridized carbons (Fsp3) is 0.571. The Kier molecular flexibility index (Phi) is 5.48. The van der Waals surface area contributed by atoms with Crippen LogP contribution < -0.4 is 10.2 Å². The van der Waals surface area contributed by atoms with Gasteiger partial charge in [0, 0.05) is 30.6 Å². The van der Waals surface area contributed by atoms with E-state index in [1.54, 1.807) is 17.7 Å². The molecule has 0 spiro atoms. The summed E-state index contributed by atoms with van der Waals surface area (Å²) in [5.74, 6) is 2.00. The van der Waals surface area contributed by atoms with Gasteiger partial charge in [0.2, 0.25) is 0 Å². The Morgan fingerprint density at radius 1 is 1.10 bits per heavy atom. The van der Waals surface area contributed by atoms with Crippen LogP contribution in [0.1, 0.15) is 37.3 Å². The highest BCUT2D eigenvalue weighted by Crippen LogP contribution is 2.41. The lowest BCUT2D eigenvalue weighted by Crippen LogP contribution is -2.38. The van der Waals surface area contributed by atoms with Crippen molar-refractivity contribution in [1.82, 2.24) is 15.0 Å². The van der Waals surface area contributed by atoms with Crippen molar-refractivity contribution in [3.63, 3.8) is 0 Å². The van der Waals surface area contributed by atoms with Crippen molar-refractivity contribution in [1.29, 1.82) is 0 Å². The molecule has 0 amide bonds. The van der Waals surface area contributed by atoms with Crippen molar-refractivity contribution in [3.8, 4) is 0 Å². The second-order valence-corrected chi connectivity index (χ2v) is 8.61. The first-order valence-electron chi connectivity index (χ1n) is 10.6. The molecular formula is C21H27N5O2S. The van der Waals surface area contributed by atoms with E-state index in [1.807, 2.05) is 0 Å². The van der Waals surface area contributed by atoms with Crippen molar-refractivity contribution in [3.05, 3.63) is 17.5 Å². The van der Waals surface area contributed by atoms with E-state index in [4.69, 9.17) is 14.5 Å². The summed E-state index contributed by atoms with van der Waals surface area (Å²) >= 11 is 1.71. The minimum atomic E-state index is 0.621. The van der Waals surface area contributed by atoms with Crippen molar-refractivity contribution in [2.24, 2.45) is 0 Å². The van der Waals surface area contributed by atoms with Crippen LogP contribution in [0.3, 0.4) is 0 Å². The first kappa shape index (κ1) is 19.0. The summed E-state index contributed by atoms with van der Waals surface area (Å²) in [4.78, 5) is 17.7. The van der Waals surface area contributed by atoms with E-state index >= 15 is 0 Å². The van der Waals surface area contributed by atoms with E-state index in [-0.39, 0.29) is 0 Å². The Balaban J connectivity index is 1.62. The third-order valence-electron chi connectivity index (χ3n) is 5.72. The molecular weight excluding hydrogens is 386 g/mol. The molecule has 3 aromatic heterocycles. The van der Waals surface area contributed by atoms with Gasteiger partial charge < -0.3 is 19.7 Å². The average Bonchev–Trinajstić information content (AvgIpc) is 3.16. The topological polar surface area (TPSA) is 72.4 Å². The molecule has 2 aliphatic rings. The maximum absolute atomic E-state index is 5.83. The minimum absolute atomic E-state index is 0.621. The summed E-state index contributed by atoms with van der Waals surface area (Å²) in [6.07, 6.45) is 6.18. The van der Waals surface area contributed by atoms with Crippen LogP contribution in [-0.2, 0) is 22.5 Å². The van der Waals surface area contributed by atoms with E-state index in [0.29, 0.717) is 6.61 Å². The molecule has 1 fully saturated rings. The van der Waals surface area contributed by atoms with Crippen molar-refractivity contribution < 1.29 is 9.47 Å². The second kappa shape index (κ2) is 8.38. The second-order valence-electron chi connectivity index (χ2n) is 7.61. The zero-order chi connectivity index (χ0) is 19.6. The van der Waals surface area contributed by atoms with E-state index < -0.39 is 0 Å². The Morgan fingerprint density at radius 2 is 2.00 bits per heavy atom. The van der Waals surface area contributed by atoms with Gasteiger partial charge in [-0.2, -0.15) is 0 Å². The largest absolute Gasteiger partial charge is 0.378 e. The lowest BCUT2D eigenvalue weighted by atomic mass is 10.00. The fourth-order valence-electron chi connectivity index (χ4n) is 4.22. The minimum Gasteiger partial charge on any atom is -0.378 e. The molecule has 0 aliphatic carbocycles. The average molecular weight is 414 g/mol. The number of fused-ring (bicyclic) bond motifs is 5. The number of nitrogens with one attached hydrogen (secondary N) is 1. The van der Waals surface area contributed by atoms with Gasteiger partial charge >= 0.3 is 0 Å². The van der Waals surface area contributed by atoms with Crippen LogP contribution in [0.4, 0.5) is 11.6 Å². The van der Waals surface area contributed by atoms with Gasteiger partial charge in [-0.1, -0.05) is 19.8 Å². The summed E-state index contributed by atoms with van der Waals surface area (Å²) in [6, 6.07) is 0. The quantitative estimate of drug-likeness (QED) is 0.617. The Bertz CT molecular complexity index is 1020. The number of hydrogen-bond donors (Lipinski definition) is 1. The van der Waals surface area contributed by atoms with Crippen LogP contribution in [-0.4, -0.2) is 54.4 Å². The number of morpholine rings is 1. The molecule has 0 aromatic carbocycles.